The minimum Gasteiger partial charge on any atom is -0.507 e. The molecule has 3 fully saturated rings. The highest BCUT2D eigenvalue weighted by Gasteiger charge is 2.66. The van der Waals surface area contributed by atoms with E-state index in [9.17, 15) is 14.7 Å². The molecule has 0 aromatic heterocycles. The number of fused-ring (bicyclic) bond motifs is 4. The number of benzene rings is 4. The zero-order chi connectivity index (χ0) is 38.7. The van der Waals surface area contributed by atoms with E-state index in [2.05, 4.69) is 4.90 Å². The van der Waals surface area contributed by atoms with Crippen LogP contribution in [0.5, 0.6) is 17.2 Å². The maximum Gasteiger partial charge on any atom is 0.238 e. The number of methoxy groups -OCH3 is 2. The van der Waals surface area contributed by atoms with Crippen molar-refractivity contribution in [3.8, 4) is 17.2 Å². The molecule has 284 valence electrons. The number of amides is 2. The van der Waals surface area contributed by atoms with Crippen molar-refractivity contribution in [1.82, 2.24) is 0 Å². The summed E-state index contributed by atoms with van der Waals surface area (Å²) in [6.07, 6.45) is 3.84. The van der Waals surface area contributed by atoms with Gasteiger partial charge in [0, 0.05) is 53.9 Å². The number of hydrogen-bond donors (Lipinski definition) is 1. The second-order valence-corrected chi connectivity index (χ2v) is 15.2. The van der Waals surface area contributed by atoms with Crippen molar-refractivity contribution in [2.24, 2.45) is 23.7 Å². The maximum absolute atomic E-state index is 15.4. The van der Waals surface area contributed by atoms with Gasteiger partial charge in [-0.05, 0) is 60.2 Å². The molecule has 6 atom stereocenters. The number of Topliss-reactive ketones (excluding diaryl/α,β-unsaturated/α-hetero) is 1. The molecule has 1 N–H and O–H groups in total. The second kappa shape index (κ2) is 13.9. The topological polar surface area (TPSA) is 123 Å². The highest BCUT2D eigenvalue weighted by Crippen LogP contribution is 2.65. The molecule has 1 saturated carbocycles. The molecule has 2 saturated heterocycles. The molecule has 4 aromatic rings. The van der Waals surface area contributed by atoms with Gasteiger partial charge in [-0.25, -0.2) is 0 Å². The second-order valence-electron chi connectivity index (χ2n) is 15.2. The number of allylic oxidation sites excluding steroid dienone is 4. The molecule has 6 unspecified atom stereocenters. The summed E-state index contributed by atoms with van der Waals surface area (Å²) < 4.78 is 17.0. The first-order chi connectivity index (χ1) is 27.3. The minimum atomic E-state index is -1.52. The van der Waals surface area contributed by atoms with Crippen LogP contribution in [0.2, 0.25) is 0 Å². The van der Waals surface area contributed by atoms with Gasteiger partial charge in [0.25, 0.3) is 0 Å². The fourth-order valence-corrected chi connectivity index (χ4v) is 10.2. The largest absolute Gasteiger partial charge is 0.507 e. The van der Waals surface area contributed by atoms with Gasteiger partial charge in [-0.2, -0.15) is 0 Å². The van der Waals surface area contributed by atoms with Crippen LogP contribution in [0.15, 0.2) is 115 Å². The van der Waals surface area contributed by atoms with Crippen molar-refractivity contribution in [3.05, 3.63) is 131 Å². The van der Waals surface area contributed by atoms with E-state index in [-0.39, 0.29) is 47.7 Å². The molecule has 5 aliphatic rings. The van der Waals surface area contributed by atoms with Crippen LogP contribution < -0.4 is 19.3 Å². The van der Waals surface area contributed by atoms with Crippen molar-refractivity contribution in [2.45, 2.75) is 24.2 Å². The van der Waals surface area contributed by atoms with E-state index < -0.39 is 35.0 Å². The lowest BCUT2D eigenvalue weighted by Gasteiger charge is -2.55. The highest BCUT2D eigenvalue weighted by molar-refractivity contribution is 6.32. The number of ether oxygens (including phenoxy) is 3. The summed E-state index contributed by atoms with van der Waals surface area (Å²) in [6, 6.07) is 29.0. The Morgan fingerprint density at radius 1 is 0.786 bits per heavy atom. The molecule has 0 bridgehead atoms. The van der Waals surface area contributed by atoms with Gasteiger partial charge >= 0.3 is 0 Å². The van der Waals surface area contributed by atoms with E-state index in [0.29, 0.717) is 46.9 Å². The van der Waals surface area contributed by atoms with Gasteiger partial charge in [0.15, 0.2) is 11.6 Å². The van der Waals surface area contributed by atoms with Crippen LogP contribution >= 0.6 is 0 Å². The third-order valence-corrected chi connectivity index (χ3v) is 12.7. The summed E-state index contributed by atoms with van der Waals surface area (Å²) in [5.74, 6) is -4.64. The molecule has 2 amide bonds. The predicted molar refractivity (Wildman–Crippen MR) is 210 cm³/mol. The average Bonchev–Trinajstić information content (AvgIpc) is 3.50. The number of nitrogens with zero attached hydrogens (tertiary/aromatic N) is 2. The normalized spacial score (nSPS) is 27.2. The molecule has 2 aliphatic heterocycles. The van der Waals surface area contributed by atoms with E-state index in [4.69, 9.17) is 14.2 Å². The molecule has 56 heavy (non-hydrogen) atoms. The number of phenols is 1. The molecule has 0 radical (unpaired) electrons. The standard InChI is InChI=1S/C46H42N2O8/c1-54-31-23-37(49)41(38(24-31)55-2)42-32-17-18-33-40(45(53)48(44(33)52)30-15-13-29(14-16-30)47-19-21-56-22-20-47)35(32)25-36-43(51)34(27-9-5-3-6-10-27)26-39(50)46(36,42)28-11-7-4-8-12-28/h3-17,23-24,26,33,35-36,40,42,49H,18-22,25H2,1-2H3. The summed E-state index contributed by atoms with van der Waals surface area (Å²) in [5.41, 5.74) is 2.54. The monoisotopic (exact) mass is 750 g/mol. The van der Waals surface area contributed by atoms with Crippen molar-refractivity contribution < 1.29 is 38.5 Å². The minimum absolute atomic E-state index is 0.148. The van der Waals surface area contributed by atoms with Gasteiger partial charge < -0.3 is 24.2 Å². The van der Waals surface area contributed by atoms with Crippen LogP contribution in [-0.2, 0) is 29.3 Å². The Morgan fingerprint density at radius 3 is 2.14 bits per heavy atom. The van der Waals surface area contributed by atoms with Crippen LogP contribution in [0.4, 0.5) is 11.4 Å². The number of phenolic OH excluding ortho intramolecular Hbond substituents is 1. The van der Waals surface area contributed by atoms with Crippen LogP contribution in [0.25, 0.3) is 5.57 Å². The zero-order valence-corrected chi connectivity index (χ0v) is 31.2. The van der Waals surface area contributed by atoms with E-state index in [1.807, 2.05) is 91.0 Å². The fourth-order valence-electron chi connectivity index (χ4n) is 10.2. The first-order valence-corrected chi connectivity index (χ1v) is 19.1. The Balaban J connectivity index is 1.22. The van der Waals surface area contributed by atoms with Gasteiger partial charge in [-0.15, -0.1) is 0 Å². The summed E-state index contributed by atoms with van der Waals surface area (Å²) >= 11 is 0. The van der Waals surface area contributed by atoms with E-state index in [1.165, 1.54) is 31.3 Å². The van der Waals surface area contributed by atoms with Crippen LogP contribution in [0, 0.1) is 23.7 Å². The molecule has 9 rings (SSSR count). The Kier molecular flexibility index (Phi) is 8.88. The fraction of sp³-hybridized carbons (Fsp3) is 0.304. The number of carbonyl (C=O) groups is 4. The van der Waals surface area contributed by atoms with Gasteiger partial charge in [-0.3, -0.25) is 24.1 Å². The summed E-state index contributed by atoms with van der Waals surface area (Å²) in [5, 5.41) is 12.0. The number of aromatic hydroxyl groups is 1. The number of imide groups is 1. The molecule has 10 heteroatoms. The predicted octanol–water partition coefficient (Wildman–Crippen LogP) is 6.28. The van der Waals surface area contributed by atoms with E-state index >= 15 is 9.59 Å². The lowest BCUT2D eigenvalue weighted by molar-refractivity contribution is -0.135. The number of ketones is 2. The first kappa shape index (κ1) is 35.7. The summed E-state index contributed by atoms with van der Waals surface area (Å²) in [6.45, 7) is 2.78. The smallest absolute Gasteiger partial charge is 0.238 e. The Labute approximate surface area is 325 Å². The average molecular weight is 751 g/mol. The van der Waals surface area contributed by atoms with Gasteiger partial charge in [-0.1, -0.05) is 72.3 Å². The third-order valence-electron chi connectivity index (χ3n) is 12.7. The van der Waals surface area contributed by atoms with Crippen LogP contribution in [0.1, 0.15) is 35.4 Å². The molecular formula is C46H42N2O8. The molecule has 4 aromatic carbocycles. The van der Waals surface area contributed by atoms with Crippen LogP contribution in [0.3, 0.4) is 0 Å². The highest BCUT2D eigenvalue weighted by atomic mass is 16.5. The van der Waals surface area contributed by atoms with Gasteiger partial charge in [0.05, 0.1) is 50.4 Å². The Morgan fingerprint density at radius 2 is 1.46 bits per heavy atom. The van der Waals surface area contributed by atoms with E-state index in [1.54, 1.807) is 6.07 Å². The number of anilines is 2. The third kappa shape index (κ3) is 5.33. The van der Waals surface area contributed by atoms with Gasteiger partial charge in [0.2, 0.25) is 11.8 Å². The Hall–Kier alpha value is -6.00. The number of hydrogen-bond acceptors (Lipinski definition) is 9. The van der Waals surface area contributed by atoms with Crippen LogP contribution in [-0.4, -0.2) is 69.0 Å². The summed E-state index contributed by atoms with van der Waals surface area (Å²) in [4.78, 5) is 63.3. The molecular weight excluding hydrogens is 709 g/mol. The zero-order valence-electron chi connectivity index (χ0n) is 31.2. The molecule has 3 aliphatic carbocycles. The molecule has 2 heterocycles. The van der Waals surface area contributed by atoms with Gasteiger partial charge in [0.1, 0.15) is 17.2 Å². The van der Waals surface area contributed by atoms with E-state index in [0.717, 1.165) is 24.4 Å². The van der Waals surface area contributed by atoms with Crippen molar-refractivity contribution in [1.29, 1.82) is 0 Å². The van der Waals surface area contributed by atoms with Crippen molar-refractivity contribution in [3.63, 3.8) is 0 Å². The SMILES string of the molecule is COc1cc(O)c(C2C3=CCC4C(=O)N(c5ccc(N6CCOCC6)cc5)C(=O)C4C3CC3C(=O)C(c4ccccc4)=CC(=O)C32c2ccccc2)c(OC)c1. The lowest BCUT2D eigenvalue weighted by Crippen LogP contribution is -2.58. The lowest BCUT2D eigenvalue weighted by atomic mass is 9.44. The maximum atomic E-state index is 15.4. The quantitative estimate of drug-likeness (QED) is 0.172. The van der Waals surface area contributed by atoms with Crippen molar-refractivity contribution in [2.75, 3.05) is 50.3 Å². The Bertz CT molecular complexity index is 2300. The first-order valence-electron chi connectivity index (χ1n) is 19.1. The summed E-state index contributed by atoms with van der Waals surface area (Å²) in [7, 11) is 2.97. The number of morpholine rings is 1. The van der Waals surface area contributed by atoms with Crippen molar-refractivity contribution >= 4 is 40.3 Å². The number of rotatable bonds is 7. The molecule has 0 spiro atoms. The number of carbonyl (C=O) groups excluding carboxylic acids is 4. The molecule has 10 nitrogen and oxygen atoms in total.